The molecule has 1 fully saturated rings. The van der Waals surface area contributed by atoms with Crippen LogP contribution in [0, 0.1) is 29.6 Å². The summed E-state index contributed by atoms with van der Waals surface area (Å²) in [5.41, 5.74) is 4.43. The first-order valence-corrected chi connectivity index (χ1v) is 14.4. The number of fused-ring (bicyclic) bond motifs is 1. The third-order valence-electron chi connectivity index (χ3n) is 8.00. The lowest BCUT2D eigenvalue weighted by molar-refractivity contribution is 0.0575. The number of anilines is 3. The van der Waals surface area contributed by atoms with Crippen LogP contribution >= 0.6 is 0 Å². The Morgan fingerprint density at radius 3 is 2.56 bits per heavy atom. The summed E-state index contributed by atoms with van der Waals surface area (Å²) in [6.45, 7) is 10.5. The van der Waals surface area contributed by atoms with E-state index in [1.54, 1.807) is 39.1 Å². The first-order chi connectivity index (χ1) is 20.5. The highest BCUT2D eigenvalue weighted by atomic mass is 16.6. The molecule has 2 N–H and O–H groups in total. The summed E-state index contributed by atoms with van der Waals surface area (Å²) in [7, 11) is 0. The maximum Gasteiger partial charge on any atom is 0.414 e. The van der Waals surface area contributed by atoms with E-state index in [0.717, 1.165) is 29.7 Å². The van der Waals surface area contributed by atoms with Crippen LogP contribution < -0.4 is 10.2 Å². The number of aliphatic hydroxyl groups excluding tert-OH is 1. The number of carbonyl (C=O) groups excluding carboxylic acids is 1. The van der Waals surface area contributed by atoms with Gasteiger partial charge in [0, 0.05) is 42.6 Å². The topological polar surface area (TPSA) is 144 Å². The Balaban J connectivity index is 1.49. The lowest BCUT2D eigenvalue weighted by Crippen LogP contribution is -2.40. The summed E-state index contributed by atoms with van der Waals surface area (Å²) in [6, 6.07) is 13.8. The van der Waals surface area contributed by atoms with Crippen LogP contribution in [0.5, 0.6) is 0 Å². The highest BCUT2D eigenvalue weighted by molar-refractivity contribution is 5.95. The number of benzene rings is 2. The van der Waals surface area contributed by atoms with E-state index in [-0.39, 0.29) is 18.7 Å². The van der Waals surface area contributed by atoms with Gasteiger partial charge in [-0.2, -0.15) is 10.5 Å². The van der Waals surface area contributed by atoms with Crippen LogP contribution in [0.4, 0.5) is 22.1 Å². The van der Waals surface area contributed by atoms with Gasteiger partial charge in [0.2, 0.25) is 5.95 Å². The second-order valence-electron chi connectivity index (χ2n) is 12.5. The molecule has 5 rings (SSSR count). The number of nitriles is 2. The van der Waals surface area contributed by atoms with Gasteiger partial charge in [-0.05, 0) is 87.4 Å². The standard InChI is InChI=1S/C33H36N6O4/c1-20-12-25(21-7-10-42-11-8-21)23(16-34)15-28(20)38-30-36-9-6-27(37-30)22-13-24(17-35)29-26(14-22)33(5,19-40)18-39(29)31(41)43-32(2,3)4/h6,9,12-15,21,40H,7-8,10-11,18-19H2,1-5H3,(H,36,37,38)/t33-/m1/s1. The molecule has 3 aromatic rings. The fourth-order valence-corrected chi connectivity index (χ4v) is 5.75. The zero-order valence-electron chi connectivity index (χ0n) is 25.2. The van der Waals surface area contributed by atoms with Crippen molar-refractivity contribution < 1.29 is 19.4 Å². The molecule has 1 atom stereocenters. The van der Waals surface area contributed by atoms with Crippen LogP contribution in [0.25, 0.3) is 11.3 Å². The van der Waals surface area contributed by atoms with Crippen molar-refractivity contribution in [3.8, 4) is 23.4 Å². The molecule has 2 aliphatic heterocycles. The monoisotopic (exact) mass is 580 g/mol. The third kappa shape index (κ3) is 6.03. The average molecular weight is 581 g/mol. The van der Waals surface area contributed by atoms with Crippen LogP contribution in [-0.2, 0) is 14.9 Å². The minimum atomic E-state index is -0.807. The molecular weight excluding hydrogens is 544 g/mol. The van der Waals surface area contributed by atoms with Crippen LogP contribution in [0.2, 0.25) is 0 Å². The lowest BCUT2D eigenvalue weighted by atomic mass is 9.83. The van der Waals surface area contributed by atoms with E-state index in [2.05, 4.69) is 28.5 Å². The Bertz CT molecular complexity index is 1640. The number of aliphatic hydroxyl groups is 1. The molecule has 0 saturated carbocycles. The summed E-state index contributed by atoms with van der Waals surface area (Å²) in [4.78, 5) is 23.7. The molecule has 0 bridgehead atoms. The van der Waals surface area contributed by atoms with Crippen LogP contribution in [0.3, 0.4) is 0 Å². The molecule has 0 radical (unpaired) electrons. The number of hydrogen-bond acceptors (Lipinski definition) is 9. The van der Waals surface area contributed by atoms with Gasteiger partial charge in [-0.25, -0.2) is 14.8 Å². The van der Waals surface area contributed by atoms with E-state index in [1.807, 2.05) is 26.0 Å². The summed E-state index contributed by atoms with van der Waals surface area (Å²) in [5.74, 6) is 0.628. The SMILES string of the molecule is Cc1cc(C2CCOCC2)c(C#N)cc1Nc1nccc(-c2cc(C#N)c3c(c2)[C@@](C)(CO)CN3C(=O)OC(C)(C)C)n1. The van der Waals surface area contributed by atoms with Gasteiger partial charge < -0.3 is 19.9 Å². The summed E-state index contributed by atoms with van der Waals surface area (Å²) in [5, 5.41) is 33.7. The number of nitrogens with one attached hydrogen (secondary N) is 1. The van der Waals surface area contributed by atoms with Crippen molar-refractivity contribution in [3.63, 3.8) is 0 Å². The van der Waals surface area contributed by atoms with Crippen molar-refractivity contribution in [2.75, 3.05) is 36.6 Å². The number of nitrogens with zero attached hydrogens (tertiary/aromatic N) is 5. The third-order valence-corrected chi connectivity index (χ3v) is 8.00. The van der Waals surface area contributed by atoms with E-state index in [1.165, 1.54) is 4.90 Å². The second kappa shape index (κ2) is 11.6. The number of aromatic nitrogens is 2. The molecule has 43 heavy (non-hydrogen) atoms. The van der Waals surface area contributed by atoms with Crippen molar-refractivity contribution >= 4 is 23.4 Å². The molecule has 1 aromatic heterocycles. The number of aryl methyl sites for hydroxylation is 1. The predicted molar refractivity (Wildman–Crippen MR) is 162 cm³/mol. The Labute approximate surface area is 251 Å². The molecule has 2 aliphatic rings. The molecular formula is C33H36N6O4. The molecule has 0 unspecified atom stereocenters. The van der Waals surface area contributed by atoms with E-state index in [9.17, 15) is 20.4 Å². The summed E-state index contributed by atoms with van der Waals surface area (Å²) < 4.78 is 11.1. The number of carbonyl (C=O) groups is 1. The molecule has 1 saturated heterocycles. The first kappa shape index (κ1) is 30.0. The Hall–Kier alpha value is -4.51. The van der Waals surface area contributed by atoms with Gasteiger partial charge in [-0.1, -0.05) is 13.0 Å². The second-order valence-corrected chi connectivity index (χ2v) is 12.5. The minimum absolute atomic E-state index is 0.173. The normalized spacial score (nSPS) is 18.5. The molecule has 10 nitrogen and oxygen atoms in total. The number of ether oxygens (including phenoxy) is 2. The molecule has 3 heterocycles. The van der Waals surface area contributed by atoms with E-state index in [4.69, 9.17) is 14.5 Å². The van der Waals surface area contributed by atoms with Gasteiger partial charge >= 0.3 is 6.09 Å². The predicted octanol–water partition coefficient (Wildman–Crippen LogP) is 5.84. The van der Waals surface area contributed by atoms with E-state index >= 15 is 0 Å². The Morgan fingerprint density at radius 1 is 1.19 bits per heavy atom. The molecule has 0 aliphatic carbocycles. The molecule has 222 valence electrons. The van der Waals surface area contributed by atoms with Crippen LogP contribution in [0.15, 0.2) is 36.5 Å². The van der Waals surface area contributed by atoms with Gasteiger partial charge in [0.05, 0.1) is 35.2 Å². The first-order valence-electron chi connectivity index (χ1n) is 14.4. The zero-order chi connectivity index (χ0) is 30.9. The lowest BCUT2D eigenvalue weighted by Gasteiger charge is -2.26. The maximum absolute atomic E-state index is 13.1. The molecule has 0 spiro atoms. The zero-order valence-corrected chi connectivity index (χ0v) is 25.2. The fraction of sp³-hybridized carbons (Fsp3) is 0.424. The van der Waals surface area contributed by atoms with Crippen molar-refractivity contribution in [2.24, 2.45) is 0 Å². The van der Waals surface area contributed by atoms with Crippen molar-refractivity contribution in [2.45, 2.75) is 64.4 Å². The van der Waals surface area contributed by atoms with Gasteiger partial charge in [0.15, 0.2) is 0 Å². The van der Waals surface area contributed by atoms with Crippen LogP contribution in [-0.4, -0.2) is 53.1 Å². The van der Waals surface area contributed by atoms with Crippen molar-refractivity contribution in [1.29, 1.82) is 10.5 Å². The number of hydrogen-bond donors (Lipinski definition) is 2. The van der Waals surface area contributed by atoms with Gasteiger partial charge in [0.25, 0.3) is 0 Å². The quantitative estimate of drug-likeness (QED) is 0.380. The Morgan fingerprint density at radius 2 is 1.91 bits per heavy atom. The molecule has 2 aromatic carbocycles. The van der Waals surface area contributed by atoms with Gasteiger partial charge in [0.1, 0.15) is 11.7 Å². The van der Waals surface area contributed by atoms with E-state index in [0.29, 0.717) is 53.2 Å². The number of amides is 1. The Kier molecular flexibility index (Phi) is 8.11. The minimum Gasteiger partial charge on any atom is -0.443 e. The number of rotatable bonds is 5. The van der Waals surface area contributed by atoms with Crippen molar-refractivity contribution in [3.05, 3.63) is 64.3 Å². The van der Waals surface area contributed by atoms with Gasteiger partial charge in [-0.15, -0.1) is 0 Å². The highest BCUT2D eigenvalue weighted by Crippen LogP contribution is 2.45. The van der Waals surface area contributed by atoms with Crippen LogP contribution in [0.1, 0.15) is 74.3 Å². The van der Waals surface area contributed by atoms with E-state index < -0.39 is 17.1 Å². The molecule has 10 heteroatoms. The van der Waals surface area contributed by atoms with Crippen molar-refractivity contribution in [1.82, 2.24) is 9.97 Å². The fourth-order valence-electron chi connectivity index (χ4n) is 5.75. The largest absolute Gasteiger partial charge is 0.443 e. The highest BCUT2D eigenvalue weighted by Gasteiger charge is 2.44. The maximum atomic E-state index is 13.1. The van der Waals surface area contributed by atoms with Gasteiger partial charge in [-0.3, -0.25) is 4.90 Å². The smallest absolute Gasteiger partial charge is 0.414 e. The average Bonchev–Trinajstić information content (AvgIpc) is 3.30. The summed E-state index contributed by atoms with van der Waals surface area (Å²) >= 11 is 0. The molecule has 1 amide bonds. The summed E-state index contributed by atoms with van der Waals surface area (Å²) in [6.07, 6.45) is 2.84.